The van der Waals surface area contributed by atoms with E-state index in [1.54, 1.807) is 14.2 Å². The zero-order chi connectivity index (χ0) is 20.9. The van der Waals surface area contributed by atoms with Gasteiger partial charge in [-0.3, -0.25) is 4.90 Å². The van der Waals surface area contributed by atoms with Crippen LogP contribution in [-0.2, 0) is 17.8 Å². The Morgan fingerprint density at radius 3 is 2.50 bits per heavy atom. The maximum absolute atomic E-state index is 6.04. The number of ether oxygens (including phenoxy) is 3. The van der Waals surface area contributed by atoms with E-state index in [4.69, 9.17) is 14.2 Å². The van der Waals surface area contributed by atoms with E-state index in [1.165, 1.54) is 36.1 Å². The highest BCUT2D eigenvalue weighted by molar-refractivity contribution is 5.49. The first kappa shape index (κ1) is 21.2. The largest absolute Gasteiger partial charge is 0.493 e. The molecule has 4 nitrogen and oxygen atoms in total. The summed E-state index contributed by atoms with van der Waals surface area (Å²) >= 11 is 0. The molecule has 0 unspecified atom stereocenters. The van der Waals surface area contributed by atoms with Gasteiger partial charge in [0.05, 0.1) is 20.8 Å². The van der Waals surface area contributed by atoms with Crippen LogP contribution >= 0.6 is 0 Å². The third kappa shape index (κ3) is 4.50. The molecule has 1 fully saturated rings. The van der Waals surface area contributed by atoms with E-state index >= 15 is 0 Å². The van der Waals surface area contributed by atoms with Crippen molar-refractivity contribution in [3.8, 4) is 11.5 Å². The highest BCUT2D eigenvalue weighted by Gasteiger charge is 2.38. The van der Waals surface area contributed by atoms with Crippen LogP contribution in [-0.4, -0.2) is 38.8 Å². The molecule has 0 radical (unpaired) electrons. The van der Waals surface area contributed by atoms with Gasteiger partial charge in [-0.2, -0.15) is 0 Å². The van der Waals surface area contributed by atoms with Gasteiger partial charge in [0.1, 0.15) is 0 Å². The van der Waals surface area contributed by atoms with Crippen LogP contribution in [0.5, 0.6) is 11.5 Å². The first-order chi connectivity index (χ1) is 14.7. The van der Waals surface area contributed by atoms with E-state index in [1.807, 2.05) is 0 Å². The molecule has 4 rings (SSSR count). The monoisotopic (exact) mass is 409 g/mol. The zero-order valence-electron chi connectivity index (χ0n) is 18.6. The van der Waals surface area contributed by atoms with Gasteiger partial charge in [-0.05, 0) is 59.9 Å². The fraction of sp³-hybridized carbons (Fsp3) is 0.538. The average molecular weight is 410 g/mol. The van der Waals surface area contributed by atoms with Gasteiger partial charge in [-0.1, -0.05) is 43.7 Å². The van der Waals surface area contributed by atoms with Crippen molar-refractivity contribution < 1.29 is 14.2 Å². The Balaban J connectivity index is 1.44. The lowest BCUT2D eigenvalue weighted by molar-refractivity contribution is 0.0274. The van der Waals surface area contributed by atoms with Gasteiger partial charge in [0.15, 0.2) is 11.5 Å². The normalized spacial score (nSPS) is 23.5. The molecule has 0 saturated carbocycles. The first-order valence-corrected chi connectivity index (χ1v) is 11.3. The van der Waals surface area contributed by atoms with E-state index in [9.17, 15) is 0 Å². The number of hydrogen-bond donors (Lipinski definition) is 0. The van der Waals surface area contributed by atoms with Crippen molar-refractivity contribution in [1.29, 1.82) is 0 Å². The second kappa shape index (κ2) is 9.84. The van der Waals surface area contributed by atoms with Crippen molar-refractivity contribution in [2.45, 2.75) is 45.3 Å². The number of nitrogens with zero attached hydrogens (tertiary/aromatic N) is 1. The average Bonchev–Trinajstić information content (AvgIpc) is 2.80. The molecule has 2 aromatic rings. The summed E-state index contributed by atoms with van der Waals surface area (Å²) in [4.78, 5) is 2.70. The molecule has 0 aromatic heterocycles. The Hall–Kier alpha value is -2.04. The van der Waals surface area contributed by atoms with Crippen molar-refractivity contribution in [2.24, 2.45) is 11.8 Å². The number of rotatable bonds is 8. The van der Waals surface area contributed by atoms with Crippen LogP contribution in [0.3, 0.4) is 0 Å². The summed E-state index contributed by atoms with van der Waals surface area (Å²) in [5.41, 5.74) is 4.10. The van der Waals surface area contributed by atoms with Crippen LogP contribution in [0.4, 0.5) is 0 Å². The summed E-state index contributed by atoms with van der Waals surface area (Å²) in [7, 11) is 3.45. The molecule has 0 spiro atoms. The summed E-state index contributed by atoms with van der Waals surface area (Å²) in [6.07, 6.45) is 4.67. The van der Waals surface area contributed by atoms with Crippen molar-refractivity contribution in [2.75, 3.05) is 33.9 Å². The van der Waals surface area contributed by atoms with Crippen LogP contribution in [0.15, 0.2) is 42.5 Å². The van der Waals surface area contributed by atoms with Gasteiger partial charge >= 0.3 is 0 Å². The molecule has 0 N–H and O–H groups in total. The molecule has 30 heavy (non-hydrogen) atoms. The Morgan fingerprint density at radius 2 is 1.77 bits per heavy atom. The Kier molecular flexibility index (Phi) is 6.96. The molecule has 162 valence electrons. The molecule has 1 saturated heterocycles. The van der Waals surface area contributed by atoms with Crippen LogP contribution in [0.1, 0.15) is 48.9 Å². The highest BCUT2D eigenvalue weighted by atomic mass is 16.5. The predicted molar refractivity (Wildman–Crippen MR) is 120 cm³/mol. The minimum Gasteiger partial charge on any atom is -0.493 e. The molecule has 0 aliphatic carbocycles. The Morgan fingerprint density at radius 1 is 1.00 bits per heavy atom. The van der Waals surface area contributed by atoms with Crippen molar-refractivity contribution >= 4 is 0 Å². The number of hydrogen-bond acceptors (Lipinski definition) is 4. The standard InChI is InChI=1S/C26H35NO3/c1-4-20-17-27-12-10-22-15-25(28-2)26(29-3)16-23(22)24(27)14-21(20)11-13-30-18-19-8-6-5-7-9-19/h5-9,15-16,20-21,24H,4,10-14,17-18H2,1-3H3/t20-,21-,24-/m0/s1. The zero-order valence-corrected chi connectivity index (χ0v) is 18.6. The van der Waals surface area contributed by atoms with E-state index in [0.29, 0.717) is 18.6 Å². The third-order valence-corrected chi connectivity index (χ3v) is 7.04. The SMILES string of the molecule is CC[C@H]1CN2CCc3cc(OC)c(OC)cc3[C@@H]2C[C@@H]1CCOCc1ccccc1. The molecule has 0 bridgehead atoms. The third-order valence-electron chi connectivity index (χ3n) is 7.04. The smallest absolute Gasteiger partial charge is 0.161 e. The lowest BCUT2D eigenvalue weighted by Crippen LogP contribution is -2.46. The van der Waals surface area contributed by atoms with E-state index in [2.05, 4.69) is 54.3 Å². The van der Waals surface area contributed by atoms with E-state index in [-0.39, 0.29) is 0 Å². The highest BCUT2D eigenvalue weighted by Crippen LogP contribution is 2.45. The van der Waals surface area contributed by atoms with Gasteiger partial charge < -0.3 is 14.2 Å². The lowest BCUT2D eigenvalue weighted by Gasteiger charge is -2.47. The molecule has 3 atom stereocenters. The quantitative estimate of drug-likeness (QED) is 0.557. The van der Waals surface area contributed by atoms with Gasteiger partial charge in [0.2, 0.25) is 0 Å². The summed E-state index contributed by atoms with van der Waals surface area (Å²) in [6, 6.07) is 15.4. The topological polar surface area (TPSA) is 30.9 Å². The Bertz CT molecular complexity index is 823. The second-order valence-electron chi connectivity index (χ2n) is 8.66. The summed E-state index contributed by atoms with van der Waals surface area (Å²) in [5, 5.41) is 0. The van der Waals surface area contributed by atoms with Crippen molar-refractivity contribution in [1.82, 2.24) is 4.90 Å². The van der Waals surface area contributed by atoms with Crippen LogP contribution in [0.25, 0.3) is 0 Å². The molecule has 2 aromatic carbocycles. The molecule has 2 heterocycles. The van der Waals surface area contributed by atoms with Gasteiger partial charge in [-0.15, -0.1) is 0 Å². The molecular weight excluding hydrogens is 374 g/mol. The minimum atomic E-state index is 0.482. The maximum atomic E-state index is 6.04. The minimum absolute atomic E-state index is 0.482. The van der Waals surface area contributed by atoms with Crippen molar-refractivity contribution in [3.63, 3.8) is 0 Å². The van der Waals surface area contributed by atoms with Crippen LogP contribution in [0.2, 0.25) is 0 Å². The van der Waals surface area contributed by atoms with E-state index < -0.39 is 0 Å². The second-order valence-corrected chi connectivity index (χ2v) is 8.66. The maximum Gasteiger partial charge on any atom is 0.161 e. The van der Waals surface area contributed by atoms with Gasteiger partial charge in [-0.25, -0.2) is 0 Å². The number of methoxy groups -OCH3 is 2. The van der Waals surface area contributed by atoms with Gasteiger partial charge in [0, 0.05) is 25.7 Å². The fourth-order valence-electron chi connectivity index (χ4n) is 5.32. The number of piperidine rings is 1. The summed E-state index contributed by atoms with van der Waals surface area (Å²) in [6.45, 7) is 6.22. The summed E-state index contributed by atoms with van der Waals surface area (Å²) < 4.78 is 17.2. The first-order valence-electron chi connectivity index (χ1n) is 11.3. The molecule has 2 aliphatic heterocycles. The summed E-state index contributed by atoms with van der Waals surface area (Å²) in [5.74, 6) is 3.14. The Labute approximate surface area is 181 Å². The molecule has 4 heteroatoms. The van der Waals surface area contributed by atoms with Gasteiger partial charge in [0.25, 0.3) is 0 Å². The van der Waals surface area contributed by atoms with E-state index in [0.717, 1.165) is 43.4 Å². The lowest BCUT2D eigenvalue weighted by atomic mass is 9.74. The van der Waals surface area contributed by atoms with Crippen LogP contribution in [0, 0.1) is 11.8 Å². The number of fused-ring (bicyclic) bond motifs is 3. The molecule has 0 amide bonds. The molecule has 2 aliphatic rings. The van der Waals surface area contributed by atoms with Crippen LogP contribution < -0.4 is 9.47 Å². The predicted octanol–water partition coefficient (Wildman–Crippen LogP) is 5.26. The fourth-order valence-corrected chi connectivity index (χ4v) is 5.32. The molecular formula is C26H35NO3. The number of benzene rings is 2. The van der Waals surface area contributed by atoms with Crippen molar-refractivity contribution in [3.05, 3.63) is 59.2 Å².